The van der Waals surface area contributed by atoms with Gasteiger partial charge in [0.2, 0.25) is 0 Å². The first kappa shape index (κ1) is 14.9. The predicted octanol–water partition coefficient (Wildman–Crippen LogP) is 4.22. The van der Waals surface area contributed by atoms with Crippen LogP contribution >= 0.6 is 0 Å². The lowest BCUT2D eigenvalue weighted by molar-refractivity contribution is 0.102. The molecule has 3 aromatic rings. The summed E-state index contributed by atoms with van der Waals surface area (Å²) in [5.74, 6) is 0.287. The number of aryl methyl sites for hydroxylation is 2. The molecule has 2 heterocycles. The summed E-state index contributed by atoms with van der Waals surface area (Å²) in [6.07, 6.45) is 3.21. The van der Waals surface area contributed by atoms with Gasteiger partial charge in [0, 0.05) is 17.3 Å². The van der Waals surface area contributed by atoms with Crippen molar-refractivity contribution in [1.29, 1.82) is 0 Å². The van der Waals surface area contributed by atoms with Gasteiger partial charge in [0.05, 0.1) is 16.6 Å². The molecule has 1 N–H and O–H groups in total. The molecule has 0 bridgehead atoms. The number of fused-ring (bicyclic) bond motifs is 1. The first-order valence-corrected chi connectivity index (χ1v) is 8.33. The summed E-state index contributed by atoms with van der Waals surface area (Å²) in [5, 5.41) is 7.64. The number of aromatic nitrogens is 2. The van der Waals surface area contributed by atoms with Crippen molar-refractivity contribution < 1.29 is 9.32 Å². The number of anilines is 1. The number of hydrogen-bond donors (Lipinski definition) is 1. The molecule has 5 nitrogen and oxygen atoms in total. The number of amides is 1. The molecule has 24 heavy (non-hydrogen) atoms. The van der Waals surface area contributed by atoms with E-state index in [1.54, 1.807) is 0 Å². The molecule has 0 spiro atoms. The maximum atomic E-state index is 12.8. The predicted molar refractivity (Wildman–Crippen MR) is 92.3 cm³/mol. The zero-order chi connectivity index (χ0) is 16.7. The summed E-state index contributed by atoms with van der Waals surface area (Å²) < 4.78 is 5.30. The SMILES string of the molecule is CCc1ccc(NC(=O)c2cc(C3CC3)nc3onc(C)c23)cc1. The Balaban J connectivity index is 1.70. The van der Waals surface area contributed by atoms with E-state index >= 15 is 0 Å². The van der Waals surface area contributed by atoms with E-state index < -0.39 is 0 Å². The second kappa shape index (κ2) is 5.74. The monoisotopic (exact) mass is 321 g/mol. The molecule has 2 aromatic heterocycles. The van der Waals surface area contributed by atoms with Crippen LogP contribution in [0.15, 0.2) is 34.9 Å². The average molecular weight is 321 g/mol. The van der Waals surface area contributed by atoms with Crippen LogP contribution in [0.2, 0.25) is 0 Å². The maximum Gasteiger partial charge on any atom is 0.259 e. The van der Waals surface area contributed by atoms with Crippen LogP contribution in [0.3, 0.4) is 0 Å². The zero-order valence-corrected chi connectivity index (χ0v) is 13.8. The summed E-state index contributed by atoms with van der Waals surface area (Å²) in [6.45, 7) is 3.94. The van der Waals surface area contributed by atoms with E-state index in [9.17, 15) is 4.79 Å². The molecule has 0 unspecified atom stereocenters. The molecule has 122 valence electrons. The lowest BCUT2D eigenvalue weighted by atomic mass is 10.1. The number of carbonyl (C=O) groups is 1. The van der Waals surface area contributed by atoms with Crippen molar-refractivity contribution in [2.24, 2.45) is 0 Å². The van der Waals surface area contributed by atoms with Crippen molar-refractivity contribution in [1.82, 2.24) is 10.1 Å². The Morgan fingerprint density at radius 3 is 2.71 bits per heavy atom. The van der Waals surface area contributed by atoms with Crippen LogP contribution in [0.1, 0.15) is 53.0 Å². The highest BCUT2D eigenvalue weighted by molar-refractivity contribution is 6.12. The normalized spacial score (nSPS) is 14.1. The number of pyridine rings is 1. The standard InChI is InChI=1S/C19H19N3O2/c1-3-12-4-8-14(9-5-12)20-18(23)15-10-16(13-6-7-13)21-19-17(15)11(2)22-24-19/h4-5,8-10,13H,3,6-7H2,1-2H3,(H,20,23). The summed E-state index contributed by atoms with van der Waals surface area (Å²) in [5.41, 5.74) is 4.66. The van der Waals surface area contributed by atoms with Gasteiger partial charge < -0.3 is 9.84 Å². The molecule has 0 atom stereocenters. The quantitative estimate of drug-likeness (QED) is 0.781. The van der Waals surface area contributed by atoms with Gasteiger partial charge in [-0.2, -0.15) is 0 Å². The van der Waals surface area contributed by atoms with Gasteiger partial charge in [0.1, 0.15) is 0 Å². The van der Waals surface area contributed by atoms with E-state index in [0.29, 0.717) is 28.3 Å². The molecule has 0 aliphatic heterocycles. The van der Waals surface area contributed by atoms with Gasteiger partial charge in [-0.15, -0.1) is 0 Å². The number of benzene rings is 1. The van der Waals surface area contributed by atoms with Crippen LogP contribution in [0.5, 0.6) is 0 Å². The first-order chi connectivity index (χ1) is 11.7. The fraction of sp³-hybridized carbons (Fsp3) is 0.316. The zero-order valence-electron chi connectivity index (χ0n) is 13.8. The van der Waals surface area contributed by atoms with Crippen molar-refractivity contribution in [3.8, 4) is 0 Å². The Kier molecular flexibility index (Phi) is 3.56. The maximum absolute atomic E-state index is 12.8. The first-order valence-electron chi connectivity index (χ1n) is 8.33. The van der Waals surface area contributed by atoms with Crippen LogP contribution in [0.25, 0.3) is 11.1 Å². The molecule has 0 radical (unpaired) electrons. The van der Waals surface area contributed by atoms with E-state index in [2.05, 4.69) is 22.4 Å². The number of rotatable bonds is 4. The Bertz CT molecular complexity index is 908. The highest BCUT2D eigenvalue weighted by Gasteiger charge is 2.28. The molecule has 5 heteroatoms. The van der Waals surface area contributed by atoms with Crippen molar-refractivity contribution in [3.63, 3.8) is 0 Å². The van der Waals surface area contributed by atoms with E-state index in [-0.39, 0.29) is 5.91 Å². The summed E-state index contributed by atoms with van der Waals surface area (Å²) in [7, 11) is 0. The Morgan fingerprint density at radius 2 is 2.04 bits per heavy atom. The third-order valence-electron chi connectivity index (χ3n) is 4.50. The third kappa shape index (κ3) is 2.66. The van der Waals surface area contributed by atoms with Crippen LogP contribution < -0.4 is 5.32 Å². The molecule has 4 rings (SSSR count). The van der Waals surface area contributed by atoms with Gasteiger partial charge in [-0.25, -0.2) is 4.98 Å². The highest BCUT2D eigenvalue weighted by atomic mass is 16.5. The average Bonchev–Trinajstić information content (AvgIpc) is 3.39. The van der Waals surface area contributed by atoms with Crippen LogP contribution in [0, 0.1) is 6.92 Å². The van der Waals surface area contributed by atoms with E-state index in [0.717, 1.165) is 30.6 Å². The molecular formula is C19H19N3O2. The second-order valence-corrected chi connectivity index (χ2v) is 6.32. The third-order valence-corrected chi connectivity index (χ3v) is 4.50. The van der Waals surface area contributed by atoms with Crippen LogP contribution in [0.4, 0.5) is 5.69 Å². The fourth-order valence-corrected chi connectivity index (χ4v) is 2.90. The van der Waals surface area contributed by atoms with Crippen molar-refractivity contribution in [2.45, 2.75) is 39.0 Å². The lowest BCUT2D eigenvalue weighted by Gasteiger charge is -2.08. The molecule has 1 saturated carbocycles. The van der Waals surface area contributed by atoms with Gasteiger partial charge in [0.25, 0.3) is 11.6 Å². The summed E-state index contributed by atoms with van der Waals surface area (Å²) in [4.78, 5) is 17.3. The second-order valence-electron chi connectivity index (χ2n) is 6.32. The summed E-state index contributed by atoms with van der Waals surface area (Å²) in [6, 6.07) is 9.80. The minimum atomic E-state index is -0.153. The Labute approximate surface area is 140 Å². The van der Waals surface area contributed by atoms with Crippen LogP contribution in [-0.4, -0.2) is 16.0 Å². The minimum absolute atomic E-state index is 0.153. The van der Waals surface area contributed by atoms with Crippen LogP contribution in [-0.2, 0) is 6.42 Å². The number of nitrogens with zero attached hydrogens (tertiary/aromatic N) is 2. The molecule has 1 aliphatic rings. The van der Waals surface area contributed by atoms with Gasteiger partial charge in [-0.05, 0) is 49.9 Å². The van der Waals surface area contributed by atoms with Gasteiger partial charge in [0.15, 0.2) is 0 Å². The Hall–Kier alpha value is -2.69. The largest absolute Gasteiger partial charge is 0.336 e. The molecule has 1 aliphatic carbocycles. The molecule has 1 fully saturated rings. The van der Waals surface area contributed by atoms with E-state index in [4.69, 9.17) is 4.52 Å². The number of carbonyl (C=O) groups excluding carboxylic acids is 1. The lowest BCUT2D eigenvalue weighted by Crippen LogP contribution is -2.13. The minimum Gasteiger partial charge on any atom is -0.336 e. The molecule has 0 saturated heterocycles. The summed E-state index contributed by atoms with van der Waals surface area (Å²) >= 11 is 0. The fourth-order valence-electron chi connectivity index (χ4n) is 2.90. The molecular weight excluding hydrogens is 302 g/mol. The van der Waals surface area contributed by atoms with Crippen molar-refractivity contribution >= 4 is 22.7 Å². The van der Waals surface area contributed by atoms with Gasteiger partial charge in [-0.3, -0.25) is 4.79 Å². The molecule has 1 amide bonds. The van der Waals surface area contributed by atoms with Gasteiger partial charge >= 0.3 is 0 Å². The highest BCUT2D eigenvalue weighted by Crippen LogP contribution is 2.40. The van der Waals surface area contributed by atoms with E-state index in [1.165, 1.54) is 5.56 Å². The van der Waals surface area contributed by atoms with E-state index in [1.807, 2.05) is 37.3 Å². The topological polar surface area (TPSA) is 68.0 Å². The number of hydrogen-bond acceptors (Lipinski definition) is 4. The van der Waals surface area contributed by atoms with Gasteiger partial charge in [-0.1, -0.05) is 24.2 Å². The molecule has 1 aromatic carbocycles. The Morgan fingerprint density at radius 1 is 1.29 bits per heavy atom. The number of nitrogens with one attached hydrogen (secondary N) is 1. The van der Waals surface area contributed by atoms with Crippen molar-refractivity contribution in [2.75, 3.05) is 5.32 Å². The van der Waals surface area contributed by atoms with Crippen molar-refractivity contribution in [3.05, 3.63) is 52.8 Å². The smallest absolute Gasteiger partial charge is 0.259 e.